The number of nitro benzene ring substituents is 1. The second-order valence-corrected chi connectivity index (χ2v) is 7.08. The van der Waals surface area contributed by atoms with Gasteiger partial charge < -0.3 is 10.1 Å². The molecule has 6 nitrogen and oxygen atoms in total. The van der Waals surface area contributed by atoms with Crippen molar-refractivity contribution in [2.75, 3.05) is 13.2 Å². The number of carbonyl (C=O) groups is 1. The Morgan fingerprint density at radius 3 is 2.67 bits per heavy atom. The average molecular weight is 392 g/mol. The number of halogens is 1. The molecule has 2 aromatic rings. The zero-order valence-electron chi connectivity index (χ0n) is 15.1. The standard InChI is InChI=1S/C19H21FN2O4S/c1-13(2)26-11-5-10-21-19(23)15-12-14(22(24)25)8-9-17(15)27-18-7-4-3-6-16(18)20/h3-4,6-9,12-13H,5,10-11H2,1-2H3,(H,21,23). The Morgan fingerprint density at radius 1 is 1.26 bits per heavy atom. The first-order valence-electron chi connectivity index (χ1n) is 8.49. The minimum Gasteiger partial charge on any atom is -0.379 e. The van der Waals surface area contributed by atoms with Gasteiger partial charge in [-0.25, -0.2) is 4.39 Å². The van der Waals surface area contributed by atoms with Crippen LogP contribution in [-0.4, -0.2) is 30.1 Å². The average Bonchev–Trinajstić information content (AvgIpc) is 2.63. The molecule has 0 saturated heterocycles. The van der Waals surface area contributed by atoms with Gasteiger partial charge in [0.15, 0.2) is 0 Å². The van der Waals surface area contributed by atoms with Gasteiger partial charge in [0, 0.05) is 35.1 Å². The molecule has 0 unspecified atom stereocenters. The van der Waals surface area contributed by atoms with Crippen LogP contribution >= 0.6 is 11.8 Å². The highest BCUT2D eigenvalue weighted by Crippen LogP contribution is 2.34. The van der Waals surface area contributed by atoms with Crippen LogP contribution in [0.3, 0.4) is 0 Å². The van der Waals surface area contributed by atoms with Crippen LogP contribution in [0.5, 0.6) is 0 Å². The van der Waals surface area contributed by atoms with Crippen molar-refractivity contribution in [3.8, 4) is 0 Å². The lowest BCUT2D eigenvalue weighted by atomic mass is 10.2. The Hall–Kier alpha value is -2.45. The Balaban J connectivity index is 2.16. The normalized spacial score (nSPS) is 10.8. The summed E-state index contributed by atoms with van der Waals surface area (Å²) < 4.78 is 19.3. The lowest BCUT2D eigenvalue weighted by Gasteiger charge is -2.11. The second kappa shape index (κ2) is 10.0. The summed E-state index contributed by atoms with van der Waals surface area (Å²) in [6.45, 7) is 4.73. The Bertz CT molecular complexity index is 814. The monoisotopic (exact) mass is 392 g/mol. The van der Waals surface area contributed by atoms with Crippen molar-refractivity contribution in [2.24, 2.45) is 0 Å². The van der Waals surface area contributed by atoms with Crippen LogP contribution in [0.2, 0.25) is 0 Å². The molecule has 0 aliphatic heterocycles. The smallest absolute Gasteiger partial charge is 0.270 e. The fraction of sp³-hybridized carbons (Fsp3) is 0.316. The quantitative estimate of drug-likeness (QED) is 0.388. The molecular formula is C19H21FN2O4S. The van der Waals surface area contributed by atoms with Gasteiger partial charge in [0.1, 0.15) is 5.82 Å². The molecule has 0 radical (unpaired) electrons. The molecule has 0 atom stereocenters. The molecule has 8 heteroatoms. The minimum absolute atomic E-state index is 0.112. The Morgan fingerprint density at radius 2 is 2.00 bits per heavy atom. The topological polar surface area (TPSA) is 81.5 Å². The fourth-order valence-electron chi connectivity index (χ4n) is 2.23. The Labute approximate surface area is 161 Å². The van der Waals surface area contributed by atoms with Gasteiger partial charge in [0.2, 0.25) is 0 Å². The summed E-state index contributed by atoms with van der Waals surface area (Å²) in [5, 5.41) is 13.8. The number of non-ortho nitro benzene ring substituents is 1. The van der Waals surface area contributed by atoms with Gasteiger partial charge in [-0.05, 0) is 38.5 Å². The van der Waals surface area contributed by atoms with Crippen molar-refractivity contribution >= 4 is 23.4 Å². The van der Waals surface area contributed by atoms with Crippen molar-refractivity contribution in [2.45, 2.75) is 36.2 Å². The number of hydrogen-bond acceptors (Lipinski definition) is 5. The van der Waals surface area contributed by atoms with E-state index in [1.54, 1.807) is 18.2 Å². The lowest BCUT2D eigenvalue weighted by molar-refractivity contribution is -0.384. The van der Waals surface area contributed by atoms with Gasteiger partial charge in [0.05, 0.1) is 16.6 Å². The number of rotatable bonds is 9. The molecule has 0 saturated carbocycles. The van der Waals surface area contributed by atoms with E-state index in [4.69, 9.17) is 4.74 Å². The number of benzene rings is 2. The second-order valence-electron chi connectivity index (χ2n) is 6.00. The molecule has 2 aromatic carbocycles. The maximum Gasteiger partial charge on any atom is 0.270 e. The summed E-state index contributed by atoms with van der Waals surface area (Å²) in [4.78, 5) is 23.8. The molecule has 0 spiro atoms. The van der Waals surface area contributed by atoms with E-state index in [-0.39, 0.29) is 17.4 Å². The van der Waals surface area contributed by atoms with Gasteiger partial charge in [-0.3, -0.25) is 14.9 Å². The van der Waals surface area contributed by atoms with Crippen LogP contribution in [0.4, 0.5) is 10.1 Å². The summed E-state index contributed by atoms with van der Waals surface area (Å²) in [6.07, 6.45) is 0.732. The van der Waals surface area contributed by atoms with Gasteiger partial charge >= 0.3 is 0 Å². The summed E-state index contributed by atoms with van der Waals surface area (Å²) in [7, 11) is 0. The maximum atomic E-state index is 13.9. The van der Waals surface area contributed by atoms with E-state index in [1.807, 2.05) is 13.8 Å². The first kappa shape index (κ1) is 20.9. The van der Waals surface area contributed by atoms with Crippen molar-refractivity contribution < 1.29 is 18.8 Å². The van der Waals surface area contributed by atoms with Gasteiger partial charge in [0.25, 0.3) is 11.6 Å². The molecule has 0 bridgehead atoms. The van der Waals surface area contributed by atoms with Gasteiger partial charge in [-0.15, -0.1) is 0 Å². The molecular weight excluding hydrogens is 371 g/mol. The zero-order valence-corrected chi connectivity index (χ0v) is 15.9. The molecule has 0 aromatic heterocycles. The number of nitrogens with one attached hydrogen (secondary N) is 1. The molecule has 1 amide bonds. The third-order valence-electron chi connectivity index (χ3n) is 3.53. The fourth-order valence-corrected chi connectivity index (χ4v) is 3.18. The summed E-state index contributed by atoms with van der Waals surface area (Å²) in [6, 6.07) is 10.1. The van der Waals surface area contributed by atoms with Crippen molar-refractivity contribution in [3.63, 3.8) is 0 Å². The molecule has 0 aliphatic rings. The molecule has 27 heavy (non-hydrogen) atoms. The van der Waals surface area contributed by atoms with Crippen LogP contribution in [0.15, 0.2) is 52.3 Å². The SMILES string of the molecule is CC(C)OCCCNC(=O)c1cc([N+](=O)[O-])ccc1Sc1ccccc1F. The zero-order chi connectivity index (χ0) is 19.8. The first-order chi connectivity index (χ1) is 12.9. The van der Waals surface area contributed by atoms with Crippen LogP contribution in [0, 0.1) is 15.9 Å². The summed E-state index contributed by atoms with van der Waals surface area (Å²) in [5.41, 5.74) is -0.0524. The summed E-state index contributed by atoms with van der Waals surface area (Å²) in [5.74, 6) is -0.861. The number of carbonyl (C=O) groups excluding carboxylic acids is 1. The van der Waals surface area contributed by atoms with Gasteiger partial charge in [-0.1, -0.05) is 23.9 Å². The summed E-state index contributed by atoms with van der Waals surface area (Å²) >= 11 is 1.05. The third-order valence-corrected chi connectivity index (χ3v) is 4.66. The molecule has 2 rings (SSSR count). The predicted octanol–water partition coefficient (Wildman–Crippen LogP) is 4.43. The predicted molar refractivity (Wildman–Crippen MR) is 102 cm³/mol. The van der Waals surface area contributed by atoms with E-state index in [9.17, 15) is 19.3 Å². The van der Waals surface area contributed by atoms with Crippen LogP contribution in [0.25, 0.3) is 0 Å². The third kappa shape index (κ3) is 6.33. The van der Waals surface area contributed by atoms with Crippen LogP contribution < -0.4 is 5.32 Å². The van der Waals surface area contributed by atoms with Crippen molar-refractivity contribution in [3.05, 3.63) is 64.0 Å². The highest BCUT2D eigenvalue weighted by Gasteiger charge is 2.18. The van der Waals surface area contributed by atoms with E-state index in [0.717, 1.165) is 11.8 Å². The van der Waals surface area contributed by atoms with E-state index in [2.05, 4.69) is 5.32 Å². The van der Waals surface area contributed by atoms with E-state index >= 15 is 0 Å². The Kier molecular flexibility index (Phi) is 7.75. The number of hydrogen-bond donors (Lipinski definition) is 1. The number of amides is 1. The van der Waals surface area contributed by atoms with Crippen molar-refractivity contribution in [1.29, 1.82) is 0 Å². The minimum atomic E-state index is -0.565. The van der Waals surface area contributed by atoms with Gasteiger partial charge in [-0.2, -0.15) is 0 Å². The highest BCUT2D eigenvalue weighted by molar-refractivity contribution is 7.99. The molecule has 0 fully saturated rings. The number of nitro groups is 1. The van der Waals surface area contributed by atoms with E-state index < -0.39 is 16.6 Å². The lowest BCUT2D eigenvalue weighted by Crippen LogP contribution is -2.26. The van der Waals surface area contributed by atoms with Crippen LogP contribution in [0.1, 0.15) is 30.6 Å². The van der Waals surface area contributed by atoms with E-state index in [0.29, 0.717) is 29.4 Å². The van der Waals surface area contributed by atoms with Crippen LogP contribution in [-0.2, 0) is 4.74 Å². The highest BCUT2D eigenvalue weighted by atomic mass is 32.2. The first-order valence-corrected chi connectivity index (χ1v) is 9.30. The molecule has 0 aliphatic carbocycles. The maximum absolute atomic E-state index is 13.9. The molecule has 0 heterocycles. The number of ether oxygens (including phenoxy) is 1. The molecule has 1 N–H and O–H groups in total. The number of nitrogens with zero attached hydrogens (tertiary/aromatic N) is 1. The molecule has 144 valence electrons. The van der Waals surface area contributed by atoms with Crippen molar-refractivity contribution in [1.82, 2.24) is 5.32 Å². The van der Waals surface area contributed by atoms with E-state index in [1.165, 1.54) is 24.3 Å². The largest absolute Gasteiger partial charge is 0.379 e.